The second-order valence-electron chi connectivity index (χ2n) is 5.28. The standard InChI is InChI=1S/C15H21F2N/c1-18-10-13(11-5-2-3-6-11)9-12-7-4-8-14(16)15(12)17/h4,7-8,11,13,18H,2-3,5-6,9-10H2,1H3. The first-order valence-corrected chi connectivity index (χ1v) is 6.80. The molecule has 0 radical (unpaired) electrons. The van der Waals surface area contributed by atoms with Gasteiger partial charge in [-0.3, -0.25) is 0 Å². The molecule has 1 N–H and O–H groups in total. The summed E-state index contributed by atoms with van der Waals surface area (Å²) >= 11 is 0. The summed E-state index contributed by atoms with van der Waals surface area (Å²) in [5.74, 6) is -0.340. The lowest BCUT2D eigenvalue weighted by Crippen LogP contribution is -2.27. The first kappa shape index (κ1) is 13.5. The minimum absolute atomic E-state index is 0.411. The van der Waals surface area contributed by atoms with Crippen LogP contribution in [0.5, 0.6) is 0 Å². The molecule has 1 aliphatic carbocycles. The molecule has 2 rings (SSSR count). The van der Waals surface area contributed by atoms with Crippen LogP contribution in [0.2, 0.25) is 0 Å². The highest BCUT2D eigenvalue weighted by atomic mass is 19.2. The topological polar surface area (TPSA) is 12.0 Å². The first-order chi connectivity index (χ1) is 8.72. The smallest absolute Gasteiger partial charge is 0.162 e. The zero-order valence-electron chi connectivity index (χ0n) is 10.9. The molecule has 0 amide bonds. The Hall–Kier alpha value is -0.960. The van der Waals surface area contributed by atoms with Crippen molar-refractivity contribution in [3.63, 3.8) is 0 Å². The Bertz CT molecular complexity index is 386. The van der Waals surface area contributed by atoms with Crippen molar-refractivity contribution in [1.29, 1.82) is 0 Å². The van der Waals surface area contributed by atoms with Gasteiger partial charge in [-0.25, -0.2) is 8.78 Å². The number of hydrogen-bond donors (Lipinski definition) is 1. The average Bonchev–Trinajstić information content (AvgIpc) is 2.88. The minimum atomic E-state index is -0.734. The maximum absolute atomic E-state index is 13.7. The number of rotatable bonds is 5. The predicted molar refractivity (Wildman–Crippen MR) is 69.4 cm³/mol. The Balaban J connectivity index is 2.10. The molecule has 18 heavy (non-hydrogen) atoms. The van der Waals surface area contributed by atoms with E-state index in [2.05, 4.69) is 5.32 Å². The summed E-state index contributed by atoms with van der Waals surface area (Å²) in [5.41, 5.74) is 0.516. The van der Waals surface area contributed by atoms with Crippen molar-refractivity contribution in [3.8, 4) is 0 Å². The van der Waals surface area contributed by atoms with Crippen molar-refractivity contribution in [2.75, 3.05) is 13.6 Å². The zero-order chi connectivity index (χ0) is 13.0. The third-order valence-corrected chi connectivity index (χ3v) is 4.05. The van der Waals surface area contributed by atoms with E-state index in [1.807, 2.05) is 7.05 Å². The van der Waals surface area contributed by atoms with E-state index in [0.717, 1.165) is 6.54 Å². The molecule has 1 fully saturated rings. The van der Waals surface area contributed by atoms with Gasteiger partial charge in [0.15, 0.2) is 11.6 Å². The van der Waals surface area contributed by atoms with E-state index in [1.165, 1.54) is 31.7 Å². The van der Waals surface area contributed by atoms with Crippen molar-refractivity contribution in [3.05, 3.63) is 35.4 Å². The fourth-order valence-corrected chi connectivity index (χ4v) is 3.09. The molecule has 0 heterocycles. The maximum Gasteiger partial charge on any atom is 0.162 e. The molecule has 3 heteroatoms. The van der Waals surface area contributed by atoms with E-state index in [4.69, 9.17) is 0 Å². The van der Waals surface area contributed by atoms with E-state index in [0.29, 0.717) is 23.8 Å². The summed E-state index contributed by atoms with van der Waals surface area (Å²) in [6, 6.07) is 4.48. The number of nitrogens with one attached hydrogen (secondary N) is 1. The van der Waals surface area contributed by atoms with Gasteiger partial charge < -0.3 is 5.32 Å². The SMILES string of the molecule is CNCC(Cc1cccc(F)c1F)C1CCCC1. The van der Waals surface area contributed by atoms with E-state index in [1.54, 1.807) is 12.1 Å². The molecule has 1 saturated carbocycles. The Labute approximate surface area is 108 Å². The molecule has 0 bridgehead atoms. The van der Waals surface area contributed by atoms with Gasteiger partial charge in [-0.1, -0.05) is 37.8 Å². The highest BCUT2D eigenvalue weighted by molar-refractivity contribution is 5.19. The Morgan fingerprint density at radius 1 is 1.28 bits per heavy atom. The lowest BCUT2D eigenvalue weighted by molar-refractivity contribution is 0.323. The van der Waals surface area contributed by atoms with Crippen molar-refractivity contribution >= 4 is 0 Å². The summed E-state index contributed by atoms with van der Waals surface area (Å²) in [5, 5.41) is 3.18. The van der Waals surface area contributed by atoms with Crippen LogP contribution in [-0.4, -0.2) is 13.6 Å². The summed E-state index contributed by atoms with van der Waals surface area (Å²) < 4.78 is 26.9. The van der Waals surface area contributed by atoms with Crippen LogP contribution in [0.25, 0.3) is 0 Å². The van der Waals surface area contributed by atoms with Gasteiger partial charge in [-0.2, -0.15) is 0 Å². The van der Waals surface area contributed by atoms with Gasteiger partial charge in [-0.15, -0.1) is 0 Å². The quantitative estimate of drug-likeness (QED) is 0.846. The van der Waals surface area contributed by atoms with Gasteiger partial charge in [0, 0.05) is 0 Å². The number of hydrogen-bond acceptors (Lipinski definition) is 1. The molecule has 1 unspecified atom stereocenters. The van der Waals surface area contributed by atoms with Gasteiger partial charge in [0.2, 0.25) is 0 Å². The highest BCUT2D eigenvalue weighted by Gasteiger charge is 2.25. The van der Waals surface area contributed by atoms with Gasteiger partial charge >= 0.3 is 0 Å². The van der Waals surface area contributed by atoms with Crippen molar-refractivity contribution in [2.45, 2.75) is 32.1 Å². The number of halogens is 2. The molecule has 1 aromatic carbocycles. The largest absolute Gasteiger partial charge is 0.319 e. The molecule has 1 nitrogen and oxygen atoms in total. The van der Waals surface area contributed by atoms with E-state index < -0.39 is 11.6 Å². The first-order valence-electron chi connectivity index (χ1n) is 6.80. The van der Waals surface area contributed by atoms with Crippen LogP contribution in [0.1, 0.15) is 31.2 Å². The van der Waals surface area contributed by atoms with Gasteiger partial charge in [0.05, 0.1) is 0 Å². The maximum atomic E-state index is 13.7. The molecular weight excluding hydrogens is 232 g/mol. The van der Waals surface area contributed by atoms with Gasteiger partial charge in [-0.05, 0) is 43.5 Å². The monoisotopic (exact) mass is 253 g/mol. The van der Waals surface area contributed by atoms with E-state index in [9.17, 15) is 8.78 Å². The summed E-state index contributed by atoms with van der Waals surface area (Å²) in [4.78, 5) is 0. The molecule has 100 valence electrons. The van der Waals surface area contributed by atoms with Gasteiger partial charge in [0.25, 0.3) is 0 Å². The summed E-state index contributed by atoms with van der Waals surface area (Å²) in [7, 11) is 1.92. The minimum Gasteiger partial charge on any atom is -0.319 e. The summed E-state index contributed by atoms with van der Waals surface area (Å²) in [6.07, 6.45) is 5.63. The normalized spacial score (nSPS) is 18.2. The van der Waals surface area contributed by atoms with Crippen LogP contribution in [0.4, 0.5) is 8.78 Å². The molecule has 0 aliphatic heterocycles. The highest BCUT2D eigenvalue weighted by Crippen LogP contribution is 2.33. The third kappa shape index (κ3) is 3.08. The molecular formula is C15H21F2N. The Morgan fingerprint density at radius 2 is 2.00 bits per heavy atom. The molecule has 0 spiro atoms. The zero-order valence-corrected chi connectivity index (χ0v) is 10.9. The van der Waals surface area contributed by atoms with Crippen molar-refractivity contribution in [2.24, 2.45) is 11.8 Å². The Morgan fingerprint density at radius 3 is 2.67 bits per heavy atom. The second-order valence-corrected chi connectivity index (χ2v) is 5.28. The van der Waals surface area contributed by atoms with Crippen LogP contribution in [0.15, 0.2) is 18.2 Å². The van der Waals surface area contributed by atoms with E-state index in [-0.39, 0.29) is 0 Å². The molecule has 1 aliphatic rings. The molecule has 1 atom stereocenters. The average molecular weight is 253 g/mol. The van der Waals surface area contributed by atoms with Gasteiger partial charge in [0.1, 0.15) is 0 Å². The lowest BCUT2D eigenvalue weighted by Gasteiger charge is -2.23. The van der Waals surface area contributed by atoms with Crippen LogP contribution in [-0.2, 0) is 6.42 Å². The van der Waals surface area contributed by atoms with Crippen molar-refractivity contribution in [1.82, 2.24) is 5.32 Å². The molecule has 0 saturated heterocycles. The van der Waals surface area contributed by atoms with Crippen LogP contribution in [0.3, 0.4) is 0 Å². The number of benzene rings is 1. The Kier molecular flexibility index (Phi) is 4.70. The second kappa shape index (κ2) is 6.28. The molecule has 0 aromatic heterocycles. The predicted octanol–water partition coefficient (Wildman–Crippen LogP) is 3.53. The third-order valence-electron chi connectivity index (χ3n) is 4.05. The van der Waals surface area contributed by atoms with Crippen LogP contribution < -0.4 is 5.32 Å². The van der Waals surface area contributed by atoms with E-state index >= 15 is 0 Å². The van der Waals surface area contributed by atoms with Crippen molar-refractivity contribution < 1.29 is 8.78 Å². The molecule has 1 aromatic rings. The fourth-order valence-electron chi connectivity index (χ4n) is 3.09. The summed E-state index contributed by atoms with van der Waals surface area (Å²) in [6.45, 7) is 0.876. The van der Waals surface area contributed by atoms with Crippen LogP contribution in [0, 0.1) is 23.5 Å². The lowest BCUT2D eigenvalue weighted by atomic mass is 9.85. The van der Waals surface area contributed by atoms with Crippen LogP contribution >= 0.6 is 0 Å². The fraction of sp³-hybridized carbons (Fsp3) is 0.600.